The van der Waals surface area contributed by atoms with Gasteiger partial charge in [0.05, 0.1) is 29.7 Å². The number of nitrogens with zero attached hydrogens (tertiary/aromatic N) is 3. The fourth-order valence-corrected chi connectivity index (χ4v) is 5.72. The lowest BCUT2D eigenvalue weighted by Gasteiger charge is -2.38. The number of aromatic nitrogens is 1. The van der Waals surface area contributed by atoms with Gasteiger partial charge < -0.3 is 29.5 Å². The summed E-state index contributed by atoms with van der Waals surface area (Å²) >= 11 is 5.89. The molecule has 3 aromatic rings. The Morgan fingerprint density at radius 2 is 1.93 bits per heavy atom. The van der Waals surface area contributed by atoms with Gasteiger partial charge in [-0.3, -0.25) is 9.52 Å². The monoisotopic (exact) mass is 619 g/mol. The zero-order valence-electron chi connectivity index (χ0n) is 23.9. The van der Waals surface area contributed by atoms with Crippen molar-refractivity contribution in [1.29, 1.82) is 0 Å². The first-order valence-corrected chi connectivity index (χ1v) is 15.1. The number of carbonyl (C=O) groups excluding carboxylic acids is 2. The number of aliphatic hydroxyl groups excluding tert-OH is 1. The molecule has 1 aliphatic rings. The number of ether oxygens (including phenoxy) is 1. The maximum Gasteiger partial charge on any atom is 0.321 e. The van der Waals surface area contributed by atoms with Crippen molar-refractivity contribution in [3.63, 3.8) is 0 Å². The van der Waals surface area contributed by atoms with Gasteiger partial charge in [0, 0.05) is 30.2 Å². The number of benzene rings is 2. The minimum Gasteiger partial charge on any atom is -0.487 e. The molecule has 1 aliphatic heterocycles. The molecule has 2 heterocycles. The molecule has 12 nitrogen and oxygen atoms in total. The lowest BCUT2D eigenvalue weighted by atomic mass is 9.99. The number of urea groups is 1. The molecule has 14 heteroatoms. The van der Waals surface area contributed by atoms with Crippen molar-refractivity contribution in [3.8, 4) is 5.75 Å². The Balaban J connectivity index is 1.62. The van der Waals surface area contributed by atoms with E-state index in [0.29, 0.717) is 22.2 Å². The molecule has 3 amide bonds. The molecule has 2 aromatic carbocycles. The van der Waals surface area contributed by atoms with Crippen molar-refractivity contribution in [1.82, 2.24) is 15.0 Å². The number of hydrogen-bond donors (Lipinski definition) is 3. The number of hydrogen-bond acceptors (Lipinski definition) is 8. The van der Waals surface area contributed by atoms with Crippen LogP contribution in [0.5, 0.6) is 5.75 Å². The number of nitrogens with one attached hydrogen (secondary N) is 2. The van der Waals surface area contributed by atoms with Crippen molar-refractivity contribution in [3.05, 3.63) is 64.5 Å². The van der Waals surface area contributed by atoms with Gasteiger partial charge in [-0.25, -0.2) is 13.2 Å². The summed E-state index contributed by atoms with van der Waals surface area (Å²) in [6.45, 7) is 7.15. The molecule has 0 saturated carbocycles. The average Bonchev–Trinajstić information content (AvgIpc) is 3.26. The lowest BCUT2D eigenvalue weighted by Crippen LogP contribution is -2.50. The minimum absolute atomic E-state index is 0.00328. The highest BCUT2D eigenvalue weighted by Crippen LogP contribution is 2.32. The van der Waals surface area contributed by atoms with Gasteiger partial charge in [0.2, 0.25) is 0 Å². The molecule has 42 heavy (non-hydrogen) atoms. The van der Waals surface area contributed by atoms with E-state index in [9.17, 15) is 23.1 Å². The highest BCUT2D eigenvalue weighted by molar-refractivity contribution is 7.92. The van der Waals surface area contributed by atoms with E-state index >= 15 is 0 Å². The van der Waals surface area contributed by atoms with Gasteiger partial charge in [-0.1, -0.05) is 23.7 Å². The summed E-state index contributed by atoms with van der Waals surface area (Å²) in [5, 5.41) is 17.0. The fourth-order valence-electron chi connectivity index (χ4n) is 4.55. The van der Waals surface area contributed by atoms with Crippen LogP contribution in [-0.4, -0.2) is 79.3 Å². The zero-order valence-corrected chi connectivity index (χ0v) is 25.5. The fraction of sp³-hybridized carbons (Fsp3) is 0.393. The van der Waals surface area contributed by atoms with Crippen LogP contribution in [0.4, 0.5) is 16.2 Å². The smallest absolute Gasteiger partial charge is 0.321 e. The van der Waals surface area contributed by atoms with Gasteiger partial charge in [-0.2, -0.15) is 0 Å². The standard InChI is InChI=1S/C28H34ClN5O7S/c1-16-13-34(17(2)15-35)27(36)23-12-21(32-42(38,39)22-9-6-20(29)7-10-22)8-11-24(23)40-25(16)14-33(5)28(37)30-26-18(3)31-41-19(26)4/h6-12,16-17,25,32,35H,13-15H2,1-5H3,(H,30,37)/t16-,17-,25+/m1/s1. The number of aryl methyl sites for hydroxylation is 2. The van der Waals surface area contributed by atoms with Crippen molar-refractivity contribution >= 4 is 44.9 Å². The Kier molecular flexibility index (Phi) is 9.34. The summed E-state index contributed by atoms with van der Waals surface area (Å²) < 4.78 is 39.9. The molecule has 3 atom stereocenters. The summed E-state index contributed by atoms with van der Waals surface area (Å²) in [4.78, 5) is 29.7. The Labute approximate surface area is 249 Å². The Bertz CT molecular complexity index is 1540. The van der Waals surface area contributed by atoms with Crippen LogP contribution in [0.15, 0.2) is 51.9 Å². The first-order chi connectivity index (χ1) is 19.8. The minimum atomic E-state index is -3.97. The van der Waals surface area contributed by atoms with E-state index in [1.54, 1.807) is 27.8 Å². The summed E-state index contributed by atoms with van der Waals surface area (Å²) in [5.41, 5.74) is 1.31. The number of anilines is 2. The van der Waals surface area contributed by atoms with E-state index in [1.165, 1.54) is 52.3 Å². The molecular weight excluding hydrogens is 586 g/mol. The molecule has 1 aromatic heterocycles. The van der Waals surface area contributed by atoms with Crippen LogP contribution in [0.3, 0.4) is 0 Å². The number of aliphatic hydroxyl groups is 1. The summed E-state index contributed by atoms with van der Waals surface area (Å²) in [5.74, 6) is 0.0384. The second kappa shape index (κ2) is 12.6. The molecule has 0 unspecified atom stereocenters. The summed E-state index contributed by atoms with van der Waals surface area (Å²) in [6.07, 6.45) is -0.553. The van der Waals surface area contributed by atoms with Gasteiger partial charge in [0.15, 0.2) is 5.76 Å². The summed E-state index contributed by atoms with van der Waals surface area (Å²) in [7, 11) is -2.35. The molecular formula is C28H34ClN5O7S. The molecule has 3 N–H and O–H groups in total. The Morgan fingerprint density at radius 1 is 1.24 bits per heavy atom. The van der Waals surface area contributed by atoms with Crippen molar-refractivity contribution in [2.75, 3.05) is 36.8 Å². The summed E-state index contributed by atoms with van der Waals surface area (Å²) in [6, 6.07) is 9.18. The first kappa shape index (κ1) is 31.1. The van der Waals surface area contributed by atoms with E-state index in [1.807, 2.05) is 6.92 Å². The number of fused-ring (bicyclic) bond motifs is 1. The third-order valence-electron chi connectivity index (χ3n) is 7.11. The highest BCUT2D eigenvalue weighted by atomic mass is 35.5. The Morgan fingerprint density at radius 3 is 2.55 bits per heavy atom. The van der Waals surface area contributed by atoms with Crippen LogP contribution in [0, 0.1) is 19.8 Å². The number of amides is 3. The number of likely N-dealkylation sites (N-methyl/N-ethyl adjacent to an activating group) is 1. The Hall–Kier alpha value is -3.81. The predicted octanol–water partition coefficient (Wildman–Crippen LogP) is 4.13. The second-order valence-corrected chi connectivity index (χ2v) is 12.5. The third kappa shape index (κ3) is 6.80. The molecule has 0 spiro atoms. The number of rotatable bonds is 8. The second-order valence-electron chi connectivity index (χ2n) is 10.4. The molecule has 0 radical (unpaired) electrons. The van der Waals surface area contributed by atoms with Gasteiger partial charge in [-0.15, -0.1) is 0 Å². The van der Waals surface area contributed by atoms with Gasteiger partial charge >= 0.3 is 6.03 Å². The topological polar surface area (TPSA) is 154 Å². The van der Waals surface area contributed by atoms with E-state index < -0.39 is 34.1 Å². The third-order valence-corrected chi connectivity index (χ3v) is 8.76. The van der Waals surface area contributed by atoms with Crippen molar-refractivity contribution in [2.45, 2.75) is 44.7 Å². The van der Waals surface area contributed by atoms with Gasteiger partial charge in [0.25, 0.3) is 15.9 Å². The molecule has 0 saturated heterocycles. The van der Waals surface area contributed by atoms with Gasteiger partial charge in [0.1, 0.15) is 23.2 Å². The maximum absolute atomic E-state index is 13.7. The van der Waals surface area contributed by atoms with Crippen LogP contribution < -0.4 is 14.8 Å². The maximum atomic E-state index is 13.7. The number of halogens is 1. The van der Waals surface area contributed by atoms with Crippen molar-refractivity contribution in [2.24, 2.45) is 5.92 Å². The molecule has 0 aliphatic carbocycles. The van der Waals surface area contributed by atoms with Gasteiger partial charge in [-0.05, 0) is 63.2 Å². The molecule has 4 rings (SSSR count). The first-order valence-electron chi connectivity index (χ1n) is 13.3. The predicted molar refractivity (Wildman–Crippen MR) is 157 cm³/mol. The van der Waals surface area contributed by atoms with Crippen LogP contribution >= 0.6 is 11.6 Å². The number of carbonyl (C=O) groups is 2. The molecule has 0 fully saturated rings. The quantitative estimate of drug-likeness (QED) is 0.340. The molecule has 0 bridgehead atoms. The van der Waals surface area contributed by atoms with Crippen LogP contribution in [-0.2, 0) is 10.0 Å². The van der Waals surface area contributed by atoms with E-state index in [4.69, 9.17) is 20.9 Å². The van der Waals surface area contributed by atoms with E-state index in [-0.39, 0.29) is 47.5 Å². The largest absolute Gasteiger partial charge is 0.487 e. The molecule has 226 valence electrons. The van der Waals surface area contributed by atoms with Crippen LogP contribution in [0.1, 0.15) is 35.7 Å². The average molecular weight is 620 g/mol. The van der Waals surface area contributed by atoms with E-state index in [0.717, 1.165) is 0 Å². The number of sulfonamides is 1. The zero-order chi connectivity index (χ0) is 30.8. The van der Waals surface area contributed by atoms with Crippen molar-refractivity contribution < 1.29 is 32.4 Å². The lowest BCUT2D eigenvalue weighted by molar-refractivity contribution is 0.0371. The highest BCUT2D eigenvalue weighted by Gasteiger charge is 2.34. The van der Waals surface area contributed by atoms with E-state index in [2.05, 4.69) is 15.2 Å². The SMILES string of the molecule is Cc1noc(C)c1NC(=O)N(C)C[C@@H]1Oc2ccc(NS(=O)(=O)c3ccc(Cl)cc3)cc2C(=O)N([C@H](C)CO)C[C@H]1C. The van der Waals surface area contributed by atoms with Crippen LogP contribution in [0.25, 0.3) is 0 Å². The van der Waals surface area contributed by atoms with Crippen LogP contribution in [0.2, 0.25) is 5.02 Å². The normalized spacial score (nSPS) is 17.9.